The molecule has 1 atom stereocenters. The second-order valence-corrected chi connectivity index (χ2v) is 5.98. The standard InChI is InChI=1S/C17H24N4O2/c1-13-10-14(11-18-15(12-22)16-6-5-9-23-16)20-17(19-13)21-7-3-2-4-8-21/h5-6,9-10,15,18,22H,2-4,7-8,11-12H2,1H3. The molecule has 2 N–H and O–H groups in total. The van der Waals surface area contributed by atoms with E-state index in [1.165, 1.54) is 19.3 Å². The van der Waals surface area contributed by atoms with Crippen molar-refractivity contribution in [2.24, 2.45) is 0 Å². The Hall–Kier alpha value is -1.92. The molecule has 23 heavy (non-hydrogen) atoms. The minimum absolute atomic E-state index is 0.0173. The Balaban J connectivity index is 1.68. The number of aromatic nitrogens is 2. The third-order valence-electron chi connectivity index (χ3n) is 4.13. The highest BCUT2D eigenvalue weighted by atomic mass is 16.3. The summed E-state index contributed by atoms with van der Waals surface area (Å²) in [5, 5.41) is 12.8. The summed E-state index contributed by atoms with van der Waals surface area (Å²) in [6.07, 6.45) is 5.31. The van der Waals surface area contributed by atoms with Crippen LogP contribution in [-0.2, 0) is 6.54 Å². The van der Waals surface area contributed by atoms with E-state index < -0.39 is 0 Å². The maximum absolute atomic E-state index is 9.53. The van der Waals surface area contributed by atoms with Gasteiger partial charge in [0.25, 0.3) is 0 Å². The van der Waals surface area contributed by atoms with E-state index in [0.717, 1.165) is 36.2 Å². The Kier molecular flexibility index (Phi) is 5.25. The van der Waals surface area contributed by atoms with Crippen molar-refractivity contribution in [3.8, 4) is 0 Å². The van der Waals surface area contributed by atoms with Gasteiger partial charge in [-0.15, -0.1) is 0 Å². The van der Waals surface area contributed by atoms with Gasteiger partial charge in [0.1, 0.15) is 5.76 Å². The fourth-order valence-electron chi connectivity index (χ4n) is 2.92. The molecule has 6 nitrogen and oxygen atoms in total. The number of nitrogens with zero attached hydrogens (tertiary/aromatic N) is 3. The number of aryl methyl sites for hydroxylation is 1. The zero-order valence-corrected chi connectivity index (χ0v) is 13.5. The summed E-state index contributed by atoms with van der Waals surface area (Å²) in [6, 6.07) is 5.44. The SMILES string of the molecule is Cc1cc(CNC(CO)c2ccco2)nc(N2CCCCC2)n1. The zero-order valence-electron chi connectivity index (χ0n) is 13.5. The normalized spacial score (nSPS) is 16.5. The van der Waals surface area contributed by atoms with Gasteiger partial charge in [0, 0.05) is 25.3 Å². The fourth-order valence-corrected chi connectivity index (χ4v) is 2.92. The number of furan rings is 1. The molecule has 124 valence electrons. The van der Waals surface area contributed by atoms with Crippen LogP contribution >= 0.6 is 0 Å². The lowest BCUT2D eigenvalue weighted by Crippen LogP contribution is -2.32. The first kappa shape index (κ1) is 16.0. The lowest BCUT2D eigenvalue weighted by Gasteiger charge is -2.27. The molecule has 1 aliphatic rings. The van der Waals surface area contributed by atoms with Crippen molar-refractivity contribution in [1.82, 2.24) is 15.3 Å². The Morgan fingerprint density at radius 1 is 1.30 bits per heavy atom. The second kappa shape index (κ2) is 7.57. The molecule has 0 aliphatic carbocycles. The first-order valence-electron chi connectivity index (χ1n) is 8.23. The average Bonchev–Trinajstić information content (AvgIpc) is 3.10. The first-order valence-corrected chi connectivity index (χ1v) is 8.23. The van der Waals surface area contributed by atoms with Crippen LogP contribution in [0, 0.1) is 6.92 Å². The Bertz CT molecular complexity index is 609. The van der Waals surface area contributed by atoms with E-state index in [2.05, 4.69) is 20.2 Å². The van der Waals surface area contributed by atoms with Gasteiger partial charge >= 0.3 is 0 Å². The molecule has 0 spiro atoms. The van der Waals surface area contributed by atoms with Gasteiger partial charge in [-0.1, -0.05) is 0 Å². The van der Waals surface area contributed by atoms with Crippen molar-refractivity contribution in [3.05, 3.63) is 41.6 Å². The molecule has 3 heterocycles. The van der Waals surface area contributed by atoms with Crippen LogP contribution in [0.4, 0.5) is 5.95 Å². The summed E-state index contributed by atoms with van der Waals surface area (Å²) in [5.41, 5.74) is 1.90. The summed E-state index contributed by atoms with van der Waals surface area (Å²) in [7, 11) is 0. The van der Waals surface area contributed by atoms with E-state index in [-0.39, 0.29) is 12.6 Å². The smallest absolute Gasteiger partial charge is 0.225 e. The van der Waals surface area contributed by atoms with Crippen LogP contribution in [0.3, 0.4) is 0 Å². The second-order valence-electron chi connectivity index (χ2n) is 5.98. The molecule has 0 amide bonds. The summed E-state index contributed by atoms with van der Waals surface area (Å²) in [6.45, 7) is 4.60. The van der Waals surface area contributed by atoms with Gasteiger partial charge in [-0.05, 0) is 44.4 Å². The summed E-state index contributed by atoms with van der Waals surface area (Å²) >= 11 is 0. The van der Waals surface area contributed by atoms with E-state index in [1.807, 2.05) is 25.1 Å². The number of aliphatic hydroxyl groups is 1. The molecule has 1 saturated heterocycles. The van der Waals surface area contributed by atoms with Crippen molar-refractivity contribution in [1.29, 1.82) is 0 Å². The Morgan fingerprint density at radius 2 is 2.13 bits per heavy atom. The van der Waals surface area contributed by atoms with Crippen molar-refractivity contribution in [2.45, 2.75) is 38.8 Å². The number of rotatable bonds is 6. The van der Waals surface area contributed by atoms with Crippen LogP contribution in [0.2, 0.25) is 0 Å². The highest BCUT2D eigenvalue weighted by Gasteiger charge is 2.16. The van der Waals surface area contributed by atoms with Gasteiger partial charge in [0.05, 0.1) is 24.6 Å². The Morgan fingerprint density at radius 3 is 2.83 bits per heavy atom. The lowest BCUT2D eigenvalue weighted by molar-refractivity contribution is 0.225. The van der Waals surface area contributed by atoms with Crippen LogP contribution in [0.5, 0.6) is 0 Å². The van der Waals surface area contributed by atoms with Gasteiger partial charge in [0.15, 0.2) is 0 Å². The van der Waals surface area contributed by atoms with Crippen LogP contribution in [0.1, 0.15) is 42.5 Å². The number of nitrogens with one attached hydrogen (secondary N) is 1. The minimum Gasteiger partial charge on any atom is -0.468 e. The van der Waals surface area contributed by atoms with Crippen LogP contribution < -0.4 is 10.2 Å². The predicted molar refractivity (Wildman–Crippen MR) is 88.2 cm³/mol. The quantitative estimate of drug-likeness (QED) is 0.851. The number of hydrogen-bond acceptors (Lipinski definition) is 6. The molecular formula is C17H24N4O2. The fraction of sp³-hybridized carbons (Fsp3) is 0.529. The molecule has 2 aromatic rings. The van der Waals surface area contributed by atoms with E-state index in [9.17, 15) is 5.11 Å². The molecule has 1 fully saturated rings. The summed E-state index contributed by atoms with van der Waals surface area (Å²) in [4.78, 5) is 11.5. The van der Waals surface area contributed by atoms with Gasteiger partial charge in [0.2, 0.25) is 5.95 Å². The van der Waals surface area contributed by atoms with E-state index in [1.54, 1.807) is 6.26 Å². The lowest BCUT2D eigenvalue weighted by atomic mass is 10.1. The maximum atomic E-state index is 9.53. The van der Waals surface area contributed by atoms with E-state index in [4.69, 9.17) is 4.42 Å². The monoisotopic (exact) mass is 316 g/mol. The molecule has 0 saturated carbocycles. The van der Waals surface area contributed by atoms with Crippen molar-refractivity contribution in [2.75, 3.05) is 24.6 Å². The van der Waals surface area contributed by atoms with Crippen LogP contribution in [0.25, 0.3) is 0 Å². The molecular weight excluding hydrogens is 292 g/mol. The molecule has 6 heteroatoms. The average molecular weight is 316 g/mol. The van der Waals surface area contributed by atoms with Crippen LogP contribution in [-0.4, -0.2) is 34.8 Å². The van der Waals surface area contributed by atoms with E-state index in [0.29, 0.717) is 6.54 Å². The molecule has 0 aromatic carbocycles. The maximum Gasteiger partial charge on any atom is 0.225 e. The molecule has 1 unspecified atom stereocenters. The third kappa shape index (κ3) is 4.09. The predicted octanol–water partition coefficient (Wildman–Crippen LogP) is 2.19. The summed E-state index contributed by atoms with van der Waals surface area (Å²) in [5.74, 6) is 1.55. The third-order valence-corrected chi connectivity index (χ3v) is 4.13. The Labute approximate surface area is 136 Å². The molecule has 3 rings (SSSR count). The van der Waals surface area contributed by atoms with Gasteiger partial charge in [-0.25, -0.2) is 9.97 Å². The number of aliphatic hydroxyl groups excluding tert-OH is 1. The van der Waals surface area contributed by atoms with Gasteiger partial charge in [-0.3, -0.25) is 5.32 Å². The number of piperidine rings is 1. The van der Waals surface area contributed by atoms with Crippen LogP contribution in [0.15, 0.2) is 28.9 Å². The highest BCUT2D eigenvalue weighted by molar-refractivity contribution is 5.32. The zero-order chi connectivity index (χ0) is 16.1. The molecule has 0 radical (unpaired) electrons. The largest absolute Gasteiger partial charge is 0.468 e. The van der Waals surface area contributed by atoms with E-state index >= 15 is 0 Å². The van der Waals surface area contributed by atoms with Crippen molar-refractivity contribution >= 4 is 5.95 Å². The molecule has 2 aromatic heterocycles. The highest BCUT2D eigenvalue weighted by Crippen LogP contribution is 2.18. The first-order chi connectivity index (χ1) is 11.3. The van der Waals surface area contributed by atoms with Gasteiger partial charge in [-0.2, -0.15) is 0 Å². The van der Waals surface area contributed by atoms with Crippen molar-refractivity contribution < 1.29 is 9.52 Å². The van der Waals surface area contributed by atoms with Gasteiger partial charge < -0.3 is 14.4 Å². The summed E-state index contributed by atoms with van der Waals surface area (Å²) < 4.78 is 5.35. The molecule has 0 bridgehead atoms. The van der Waals surface area contributed by atoms with Crippen molar-refractivity contribution in [3.63, 3.8) is 0 Å². The minimum atomic E-state index is -0.223. The number of hydrogen-bond donors (Lipinski definition) is 2. The topological polar surface area (TPSA) is 74.4 Å². The molecule has 1 aliphatic heterocycles. The number of anilines is 1.